The van der Waals surface area contributed by atoms with Gasteiger partial charge in [0.1, 0.15) is 17.3 Å². The van der Waals surface area contributed by atoms with Gasteiger partial charge in [0.25, 0.3) is 0 Å². The normalized spacial score (nSPS) is 20.2. The first-order chi connectivity index (χ1) is 13.0. The largest absolute Gasteiger partial charge is 0.497 e. The zero-order valence-electron chi connectivity index (χ0n) is 15.3. The van der Waals surface area contributed by atoms with Crippen LogP contribution in [0.1, 0.15) is 17.9 Å². The predicted molar refractivity (Wildman–Crippen MR) is 99.8 cm³/mol. The third-order valence-electron chi connectivity index (χ3n) is 5.00. The van der Waals surface area contributed by atoms with E-state index in [0.29, 0.717) is 19.7 Å². The van der Waals surface area contributed by atoms with Gasteiger partial charge in [0.2, 0.25) is 0 Å². The molecule has 0 radical (unpaired) electrons. The molecule has 1 N–H and O–H groups in total. The minimum Gasteiger partial charge on any atom is -0.497 e. The number of carboxylic acids is 1. The Kier molecular flexibility index (Phi) is 6.29. The number of carboxylic acid groups (broad SMARTS) is 1. The lowest BCUT2D eigenvalue weighted by molar-refractivity contribution is -0.138. The molecule has 5 nitrogen and oxygen atoms in total. The first-order valence-corrected chi connectivity index (χ1v) is 9.01. The van der Waals surface area contributed by atoms with Crippen LogP contribution in [0.4, 0.5) is 4.39 Å². The maximum absolute atomic E-state index is 13.3. The zero-order chi connectivity index (χ0) is 19.2. The molecule has 6 heteroatoms. The van der Waals surface area contributed by atoms with Crippen molar-refractivity contribution in [1.82, 2.24) is 4.90 Å². The molecule has 2 aromatic rings. The minimum atomic E-state index is -0.829. The number of rotatable bonds is 7. The molecule has 2 atom stereocenters. The van der Waals surface area contributed by atoms with Crippen LogP contribution in [-0.2, 0) is 4.79 Å². The predicted octanol–water partition coefficient (Wildman–Crippen LogP) is 3.40. The molecule has 2 aromatic carbocycles. The minimum absolute atomic E-state index is 0.0230. The molecule has 0 unspecified atom stereocenters. The summed E-state index contributed by atoms with van der Waals surface area (Å²) in [6.07, 6.45) is 0.815. The Morgan fingerprint density at radius 1 is 1.15 bits per heavy atom. The average molecular weight is 373 g/mol. The SMILES string of the molecule is COc1ccc(OC[C@H]2CN(CC(=O)O)CC[C@@H]2c2ccc(F)cc2)cc1. The number of carbonyl (C=O) groups is 1. The molecular weight excluding hydrogens is 349 g/mol. The number of piperidine rings is 1. The molecule has 0 amide bonds. The molecule has 1 aliphatic rings. The smallest absolute Gasteiger partial charge is 0.317 e. The van der Waals surface area contributed by atoms with Crippen molar-refractivity contribution < 1.29 is 23.8 Å². The Morgan fingerprint density at radius 3 is 2.44 bits per heavy atom. The van der Waals surface area contributed by atoms with E-state index in [4.69, 9.17) is 14.6 Å². The van der Waals surface area contributed by atoms with E-state index in [1.807, 2.05) is 41.3 Å². The second-order valence-electron chi connectivity index (χ2n) is 6.82. The van der Waals surface area contributed by atoms with Crippen LogP contribution in [0.25, 0.3) is 0 Å². The highest BCUT2D eigenvalue weighted by atomic mass is 19.1. The first kappa shape index (κ1) is 19.2. The summed E-state index contributed by atoms with van der Waals surface area (Å²) in [5.41, 5.74) is 1.06. The number of ether oxygens (including phenoxy) is 2. The van der Waals surface area contributed by atoms with Gasteiger partial charge in [-0.2, -0.15) is 0 Å². The van der Waals surface area contributed by atoms with Gasteiger partial charge in [0.15, 0.2) is 0 Å². The fourth-order valence-corrected chi connectivity index (χ4v) is 3.64. The van der Waals surface area contributed by atoms with Crippen molar-refractivity contribution in [2.45, 2.75) is 12.3 Å². The summed E-state index contributed by atoms with van der Waals surface area (Å²) in [7, 11) is 1.61. The lowest BCUT2D eigenvalue weighted by atomic mass is 9.81. The molecule has 1 aliphatic heterocycles. The number of methoxy groups -OCH3 is 1. The molecule has 1 heterocycles. The summed E-state index contributed by atoms with van der Waals surface area (Å²) in [5.74, 6) is 0.735. The van der Waals surface area contributed by atoms with Crippen LogP contribution in [0.5, 0.6) is 11.5 Å². The molecule has 1 fully saturated rings. The van der Waals surface area contributed by atoms with E-state index >= 15 is 0 Å². The highest BCUT2D eigenvalue weighted by Gasteiger charge is 2.31. The standard InChI is InChI=1S/C21H24FNO4/c1-26-18-6-8-19(9-7-18)27-14-16-12-23(13-21(24)25)11-10-20(16)15-2-4-17(22)5-3-15/h2-9,16,20H,10-14H2,1H3,(H,24,25)/t16-,20-/m1/s1. The highest BCUT2D eigenvalue weighted by molar-refractivity contribution is 5.69. The van der Waals surface area contributed by atoms with Gasteiger partial charge in [0, 0.05) is 12.5 Å². The Balaban J connectivity index is 1.71. The van der Waals surface area contributed by atoms with E-state index in [0.717, 1.165) is 23.5 Å². The van der Waals surface area contributed by atoms with Gasteiger partial charge in [-0.1, -0.05) is 12.1 Å². The van der Waals surface area contributed by atoms with Crippen LogP contribution in [0.2, 0.25) is 0 Å². The van der Waals surface area contributed by atoms with Crippen molar-refractivity contribution in [3.63, 3.8) is 0 Å². The number of likely N-dealkylation sites (tertiary alicyclic amines) is 1. The Labute approximate surface area is 158 Å². The molecule has 0 saturated carbocycles. The van der Waals surface area contributed by atoms with Crippen LogP contribution in [0, 0.1) is 11.7 Å². The lowest BCUT2D eigenvalue weighted by Gasteiger charge is -2.38. The van der Waals surface area contributed by atoms with Crippen molar-refractivity contribution >= 4 is 5.97 Å². The third kappa shape index (κ3) is 5.20. The second-order valence-corrected chi connectivity index (χ2v) is 6.82. The molecule has 3 rings (SSSR count). The number of aliphatic carboxylic acids is 1. The molecule has 144 valence electrons. The molecular formula is C21H24FNO4. The fraction of sp³-hybridized carbons (Fsp3) is 0.381. The Hall–Kier alpha value is -2.60. The average Bonchev–Trinajstić information content (AvgIpc) is 2.67. The Morgan fingerprint density at radius 2 is 1.81 bits per heavy atom. The maximum atomic E-state index is 13.3. The van der Waals surface area contributed by atoms with E-state index in [2.05, 4.69) is 0 Å². The lowest BCUT2D eigenvalue weighted by Crippen LogP contribution is -2.44. The Bertz CT molecular complexity index is 748. The van der Waals surface area contributed by atoms with E-state index in [1.165, 1.54) is 12.1 Å². The van der Waals surface area contributed by atoms with Crippen molar-refractivity contribution in [1.29, 1.82) is 0 Å². The summed E-state index contributed by atoms with van der Waals surface area (Å²) in [6.45, 7) is 1.82. The zero-order valence-corrected chi connectivity index (χ0v) is 15.3. The van der Waals surface area contributed by atoms with Crippen LogP contribution >= 0.6 is 0 Å². The maximum Gasteiger partial charge on any atom is 0.317 e. The second kappa shape index (κ2) is 8.86. The number of benzene rings is 2. The molecule has 0 aromatic heterocycles. The van der Waals surface area contributed by atoms with E-state index in [1.54, 1.807) is 7.11 Å². The molecule has 0 aliphatic carbocycles. The van der Waals surface area contributed by atoms with Gasteiger partial charge in [-0.3, -0.25) is 9.69 Å². The van der Waals surface area contributed by atoms with E-state index in [9.17, 15) is 9.18 Å². The van der Waals surface area contributed by atoms with Gasteiger partial charge < -0.3 is 14.6 Å². The highest BCUT2D eigenvalue weighted by Crippen LogP contribution is 2.34. The molecule has 1 saturated heterocycles. The van der Waals surface area contributed by atoms with Crippen LogP contribution < -0.4 is 9.47 Å². The summed E-state index contributed by atoms with van der Waals surface area (Å²) in [5, 5.41) is 9.10. The van der Waals surface area contributed by atoms with Crippen molar-refractivity contribution in [3.05, 3.63) is 59.9 Å². The van der Waals surface area contributed by atoms with Crippen LogP contribution in [-0.4, -0.2) is 49.3 Å². The number of hydrogen-bond donors (Lipinski definition) is 1. The van der Waals surface area contributed by atoms with Crippen molar-refractivity contribution in [3.8, 4) is 11.5 Å². The van der Waals surface area contributed by atoms with Gasteiger partial charge in [0.05, 0.1) is 20.3 Å². The van der Waals surface area contributed by atoms with Gasteiger partial charge >= 0.3 is 5.97 Å². The van der Waals surface area contributed by atoms with E-state index in [-0.39, 0.29) is 24.2 Å². The van der Waals surface area contributed by atoms with Crippen LogP contribution in [0.3, 0.4) is 0 Å². The number of halogens is 1. The fourth-order valence-electron chi connectivity index (χ4n) is 3.64. The molecule has 27 heavy (non-hydrogen) atoms. The summed E-state index contributed by atoms with van der Waals surface area (Å²) in [6, 6.07) is 13.9. The van der Waals surface area contributed by atoms with Crippen molar-refractivity contribution in [2.24, 2.45) is 5.92 Å². The molecule has 0 bridgehead atoms. The monoisotopic (exact) mass is 373 g/mol. The van der Waals surface area contributed by atoms with Gasteiger partial charge in [-0.15, -0.1) is 0 Å². The topological polar surface area (TPSA) is 59.0 Å². The van der Waals surface area contributed by atoms with Gasteiger partial charge in [-0.25, -0.2) is 4.39 Å². The van der Waals surface area contributed by atoms with Crippen molar-refractivity contribution in [2.75, 3.05) is 33.4 Å². The summed E-state index contributed by atoms with van der Waals surface area (Å²) in [4.78, 5) is 13.0. The number of nitrogens with zero attached hydrogens (tertiary/aromatic N) is 1. The summed E-state index contributed by atoms with van der Waals surface area (Å²) < 4.78 is 24.4. The first-order valence-electron chi connectivity index (χ1n) is 9.01. The van der Waals surface area contributed by atoms with E-state index < -0.39 is 5.97 Å². The summed E-state index contributed by atoms with van der Waals surface area (Å²) >= 11 is 0. The molecule has 0 spiro atoms. The van der Waals surface area contributed by atoms with Crippen LogP contribution in [0.15, 0.2) is 48.5 Å². The number of hydrogen-bond acceptors (Lipinski definition) is 4. The third-order valence-corrected chi connectivity index (χ3v) is 5.00. The quantitative estimate of drug-likeness (QED) is 0.806. The van der Waals surface area contributed by atoms with Gasteiger partial charge in [-0.05, 0) is 60.8 Å².